The van der Waals surface area contributed by atoms with Gasteiger partial charge < -0.3 is 5.11 Å². The zero-order valence-corrected chi connectivity index (χ0v) is 9.54. The number of phenols is 1. The molecule has 88 valence electrons. The number of nitro groups is 1. The first-order chi connectivity index (χ1) is 7.16. The first-order valence-corrected chi connectivity index (χ1v) is 5.78. The number of halogens is 1. The number of benzene rings is 1. The molecule has 7 nitrogen and oxygen atoms in total. The monoisotopic (exact) mass is 266 g/mol. The number of aromatic hydroxyl groups is 1. The van der Waals surface area contributed by atoms with Crippen LogP contribution in [0.2, 0.25) is 5.02 Å². The van der Waals surface area contributed by atoms with Crippen molar-refractivity contribution in [1.29, 1.82) is 0 Å². The van der Waals surface area contributed by atoms with Crippen LogP contribution in [-0.2, 0) is 10.0 Å². The lowest BCUT2D eigenvalue weighted by Crippen LogP contribution is -2.14. The number of phenolic OH excluding ortho intramolecular Hbond substituents is 1. The molecule has 0 aliphatic carbocycles. The third kappa shape index (κ3) is 2.08. The fourth-order valence-corrected chi connectivity index (χ4v) is 2.51. The second-order valence-electron chi connectivity index (χ2n) is 3.00. The van der Waals surface area contributed by atoms with Gasteiger partial charge in [-0.05, 0) is 13.0 Å². The van der Waals surface area contributed by atoms with Crippen LogP contribution in [0, 0.1) is 17.0 Å². The molecular formula is C7H7ClN2O5S. The van der Waals surface area contributed by atoms with E-state index in [-0.39, 0.29) is 10.6 Å². The summed E-state index contributed by atoms with van der Waals surface area (Å²) in [5.74, 6) is -1.04. The first-order valence-electron chi connectivity index (χ1n) is 3.85. The molecule has 1 aromatic carbocycles. The summed E-state index contributed by atoms with van der Waals surface area (Å²) in [5, 5.41) is 24.5. The lowest BCUT2D eigenvalue weighted by atomic mass is 10.2. The summed E-state index contributed by atoms with van der Waals surface area (Å²) >= 11 is 5.55. The number of nitrogens with two attached hydrogens (primary N) is 1. The van der Waals surface area contributed by atoms with E-state index in [0.29, 0.717) is 0 Å². The Bertz CT molecular complexity index is 569. The number of hydrogen-bond acceptors (Lipinski definition) is 5. The normalized spacial score (nSPS) is 11.4. The molecule has 0 aliphatic heterocycles. The molecule has 0 radical (unpaired) electrons. The average Bonchev–Trinajstić information content (AvgIpc) is 1.97. The van der Waals surface area contributed by atoms with Gasteiger partial charge in [0.25, 0.3) is 0 Å². The minimum absolute atomic E-state index is 0.0416. The van der Waals surface area contributed by atoms with Crippen molar-refractivity contribution in [2.24, 2.45) is 5.14 Å². The van der Waals surface area contributed by atoms with Crippen molar-refractivity contribution >= 4 is 27.3 Å². The minimum atomic E-state index is -4.32. The van der Waals surface area contributed by atoms with Crippen molar-refractivity contribution in [2.75, 3.05) is 0 Å². The Morgan fingerprint density at radius 3 is 2.44 bits per heavy atom. The van der Waals surface area contributed by atoms with Crippen LogP contribution in [0.15, 0.2) is 11.0 Å². The molecule has 0 atom stereocenters. The molecular weight excluding hydrogens is 260 g/mol. The fourth-order valence-electron chi connectivity index (χ4n) is 1.23. The number of sulfonamides is 1. The van der Waals surface area contributed by atoms with E-state index in [1.54, 1.807) is 0 Å². The van der Waals surface area contributed by atoms with Crippen LogP contribution >= 0.6 is 11.6 Å². The number of rotatable bonds is 2. The topological polar surface area (TPSA) is 124 Å². The van der Waals surface area contributed by atoms with Gasteiger partial charge in [-0.25, -0.2) is 13.6 Å². The molecule has 0 bridgehead atoms. The Kier molecular flexibility index (Phi) is 3.08. The van der Waals surface area contributed by atoms with Gasteiger partial charge in [-0.2, -0.15) is 0 Å². The van der Waals surface area contributed by atoms with E-state index in [9.17, 15) is 23.6 Å². The molecule has 1 rings (SSSR count). The molecule has 0 aliphatic rings. The van der Waals surface area contributed by atoms with E-state index < -0.39 is 31.3 Å². The summed E-state index contributed by atoms with van der Waals surface area (Å²) in [6.45, 7) is 1.32. The molecule has 0 spiro atoms. The Labute approximate surface area is 95.6 Å². The Morgan fingerprint density at radius 1 is 1.56 bits per heavy atom. The molecule has 9 heteroatoms. The highest BCUT2D eigenvalue weighted by Crippen LogP contribution is 2.39. The molecule has 3 N–H and O–H groups in total. The maximum absolute atomic E-state index is 11.1. The maximum Gasteiger partial charge on any atom is 0.315 e. The van der Waals surface area contributed by atoms with Crippen LogP contribution in [0.1, 0.15) is 5.56 Å². The smallest absolute Gasteiger partial charge is 0.315 e. The summed E-state index contributed by atoms with van der Waals surface area (Å²) in [4.78, 5) is 8.85. The van der Waals surface area contributed by atoms with Gasteiger partial charge in [-0.3, -0.25) is 10.1 Å². The number of hydrogen-bond donors (Lipinski definition) is 2. The van der Waals surface area contributed by atoms with E-state index >= 15 is 0 Å². The van der Waals surface area contributed by atoms with Gasteiger partial charge >= 0.3 is 5.69 Å². The SMILES string of the molecule is Cc1cc(Cl)c(S(N)(=O)=O)c(O)c1[N+](=O)[O-]. The first kappa shape index (κ1) is 12.7. The van der Waals surface area contributed by atoms with Gasteiger partial charge in [0, 0.05) is 5.56 Å². The fraction of sp³-hybridized carbons (Fsp3) is 0.143. The van der Waals surface area contributed by atoms with Crippen LogP contribution in [0.25, 0.3) is 0 Å². The van der Waals surface area contributed by atoms with Crippen molar-refractivity contribution in [1.82, 2.24) is 0 Å². The van der Waals surface area contributed by atoms with E-state index in [1.165, 1.54) is 6.92 Å². The average molecular weight is 267 g/mol. The molecule has 0 heterocycles. The number of nitro benzene ring substituents is 1. The van der Waals surface area contributed by atoms with Gasteiger partial charge in [-0.15, -0.1) is 0 Å². The quantitative estimate of drug-likeness (QED) is 0.608. The van der Waals surface area contributed by atoms with Crippen molar-refractivity contribution in [3.63, 3.8) is 0 Å². The number of aryl methyl sites for hydroxylation is 1. The van der Waals surface area contributed by atoms with Gasteiger partial charge in [0.1, 0.15) is 4.90 Å². The molecule has 0 saturated carbocycles. The predicted octanol–water partition coefficient (Wildman–Crippen LogP) is 0.910. The lowest BCUT2D eigenvalue weighted by molar-refractivity contribution is -0.386. The highest BCUT2D eigenvalue weighted by atomic mass is 35.5. The largest absolute Gasteiger partial charge is 0.501 e. The molecule has 0 aromatic heterocycles. The summed E-state index contributed by atoms with van der Waals surface area (Å²) in [5.41, 5.74) is -0.687. The lowest BCUT2D eigenvalue weighted by Gasteiger charge is -2.07. The van der Waals surface area contributed by atoms with Gasteiger partial charge in [-0.1, -0.05) is 11.6 Å². The van der Waals surface area contributed by atoms with E-state index in [2.05, 4.69) is 0 Å². The maximum atomic E-state index is 11.1. The molecule has 16 heavy (non-hydrogen) atoms. The van der Waals surface area contributed by atoms with Crippen molar-refractivity contribution in [2.45, 2.75) is 11.8 Å². The number of nitrogens with zero attached hydrogens (tertiary/aromatic N) is 1. The third-order valence-electron chi connectivity index (χ3n) is 1.84. The number of primary sulfonamides is 1. The van der Waals surface area contributed by atoms with Crippen LogP contribution in [0.4, 0.5) is 5.69 Å². The molecule has 0 amide bonds. The van der Waals surface area contributed by atoms with Gasteiger partial charge in [0.05, 0.1) is 9.95 Å². The molecule has 0 unspecified atom stereocenters. The van der Waals surface area contributed by atoms with Gasteiger partial charge in [0.15, 0.2) is 0 Å². The summed E-state index contributed by atoms with van der Waals surface area (Å²) in [6, 6.07) is 1.05. The molecule has 1 aromatic rings. The zero-order valence-electron chi connectivity index (χ0n) is 7.97. The van der Waals surface area contributed by atoms with Crippen molar-refractivity contribution in [3.8, 4) is 5.75 Å². The van der Waals surface area contributed by atoms with E-state index in [1.807, 2.05) is 0 Å². The second kappa shape index (κ2) is 3.89. The standard InChI is InChI=1S/C7H7ClN2O5S/c1-3-2-4(8)7(16(9,14)15)6(11)5(3)10(12)13/h2,11H,1H3,(H2,9,14,15). The van der Waals surface area contributed by atoms with Crippen LogP contribution < -0.4 is 5.14 Å². The highest BCUT2D eigenvalue weighted by Gasteiger charge is 2.29. The molecule has 0 saturated heterocycles. The van der Waals surface area contributed by atoms with Gasteiger partial charge in [0.2, 0.25) is 15.8 Å². The third-order valence-corrected chi connectivity index (χ3v) is 3.23. The Balaban J connectivity index is 3.79. The Hall–Kier alpha value is -1.38. The van der Waals surface area contributed by atoms with Crippen LogP contribution in [0.3, 0.4) is 0 Å². The van der Waals surface area contributed by atoms with E-state index in [4.69, 9.17) is 16.7 Å². The summed E-state index contributed by atoms with van der Waals surface area (Å²) in [6.07, 6.45) is 0. The summed E-state index contributed by atoms with van der Waals surface area (Å²) < 4.78 is 22.1. The van der Waals surface area contributed by atoms with Crippen LogP contribution in [0.5, 0.6) is 5.75 Å². The highest BCUT2D eigenvalue weighted by molar-refractivity contribution is 7.89. The Morgan fingerprint density at radius 2 is 2.06 bits per heavy atom. The minimum Gasteiger partial charge on any atom is -0.501 e. The van der Waals surface area contributed by atoms with Crippen molar-refractivity contribution in [3.05, 3.63) is 26.8 Å². The van der Waals surface area contributed by atoms with Crippen LogP contribution in [-0.4, -0.2) is 18.4 Å². The van der Waals surface area contributed by atoms with E-state index in [0.717, 1.165) is 6.07 Å². The summed E-state index contributed by atoms with van der Waals surface area (Å²) in [7, 11) is -4.32. The predicted molar refractivity (Wildman–Crippen MR) is 55.9 cm³/mol. The molecule has 0 fully saturated rings. The zero-order chi connectivity index (χ0) is 12.7. The second-order valence-corrected chi connectivity index (χ2v) is 4.91. The van der Waals surface area contributed by atoms with Crippen molar-refractivity contribution < 1.29 is 18.4 Å².